The first-order valence-electron chi connectivity index (χ1n) is 7.02. The van der Waals surface area contributed by atoms with Crippen LogP contribution in [0.4, 0.5) is 4.39 Å². The Kier molecular flexibility index (Phi) is 6.36. The summed E-state index contributed by atoms with van der Waals surface area (Å²) >= 11 is 0. The molecular formula is C16H21FO3. The monoisotopic (exact) mass is 280 g/mol. The van der Waals surface area contributed by atoms with E-state index in [0.29, 0.717) is 24.8 Å². The van der Waals surface area contributed by atoms with Crippen molar-refractivity contribution in [3.05, 3.63) is 34.9 Å². The van der Waals surface area contributed by atoms with Crippen molar-refractivity contribution in [2.24, 2.45) is 0 Å². The van der Waals surface area contributed by atoms with Crippen LogP contribution in [-0.4, -0.2) is 24.5 Å². The van der Waals surface area contributed by atoms with E-state index in [-0.39, 0.29) is 6.61 Å². The van der Waals surface area contributed by atoms with Gasteiger partial charge in [0, 0.05) is 5.56 Å². The molecule has 0 heterocycles. The summed E-state index contributed by atoms with van der Waals surface area (Å²) in [4.78, 5) is 23.7. The van der Waals surface area contributed by atoms with Crippen molar-refractivity contribution in [3.8, 4) is 0 Å². The Morgan fingerprint density at radius 1 is 1.15 bits per heavy atom. The standard InChI is InChI=1S/C16H21FO3/c1-4-10-20-16(19)14(17)15(18)13-11(5-2)8-7-9-12(13)6-3/h7-9,14H,4-6,10H2,1-3H3. The van der Waals surface area contributed by atoms with E-state index < -0.39 is 17.9 Å². The van der Waals surface area contributed by atoms with Gasteiger partial charge in [0.1, 0.15) is 0 Å². The molecule has 0 aliphatic heterocycles. The van der Waals surface area contributed by atoms with E-state index in [2.05, 4.69) is 0 Å². The van der Waals surface area contributed by atoms with Gasteiger partial charge in [-0.2, -0.15) is 0 Å². The molecule has 1 rings (SSSR count). The maximum absolute atomic E-state index is 14.0. The first-order chi connectivity index (χ1) is 9.56. The van der Waals surface area contributed by atoms with Crippen LogP contribution in [0.2, 0.25) is 0 Å². The summed E-state index contributed by atoms with van der Waals surface area (Å²) in [5, 5.41) is 0. The molecule has 0 bridgehead atoms. The van der Waals surface area contributed by atoms with E-state index >= 15 is 0 Å². The predicted octanol–water partition coefficient (Wildman–Crippen LogP) is 3.29. The first-order valence-corrected chi connectivity index (χ1v) is 7.02. The van der Waals surface area contributed by atoms with Crippen molar-refractivity contribution in [1.29, 1.82) is 0 Å². The lowest BCUT2D eigenvalue weighted by Gasteiger charge is -2.14. The van der Waals surface area contributed by atoms with Gasteiger partial charge in [-0.25, -0.2) is 9.18 Å². The van der Waals surface area contributed by atoms with Crippen LogP contribution in [0.5, 0.6) is 0 Å². The van der Waals surface area contributed by atoms with Crippen LogP contribution < -0.4 is 0 Å². The topological polar surface area (TPSA) is 43.4 Å². The van der Waals surface area contributed by atoms with E-state index in [1.807, 2.05) is 26.8 Å². The third-order valence-electron chi connectivity index (χ3n) is 3.13. The summed E-state index contributed by atoms with van der Waals surface area (Å²) in [6, 6.07) is 5.42. The summed E-state index contributed by atoms with van der Waals surface area (Å²) < 4.78 is 18.7. The lowest BCUT2D eigenvalue weighted by Crippen LogP contribution is -2.29. The Balaban J connectivity index is 3.04. The van der Waals surface area contributed by atoms with E-state index in [1.54, 1.807) is 12.1 Å². The van der Waals surface area contributed by atoms with Crippen LogP contribution in [0, 0.1) is 0 Å². The molecule has 1 aromatic rings. The van der Waals surface area contributed by atoms with Gasteiger partial charge in [0.25, 0.3) is 6.17 Å². The highest BCUT2D eigenvalue weighted by Gasteiger charge is 2.31. The largest absolute Gasteiger partial charge is 0.463 e. The van der Waals surface area contributed by atoms with E-state index in [4.69, 9.17) is 4.74 Å². The minimum Gasteiger partial charge on any atom is -0.463 e. The maximum atomic E-state index is 14.0. The van der Waals surface area contributed by atoms with Crippen molar-refractivity contribution < 1.29 is 18.7 Å². The summed E-state index contributed by atoms with van der Waals surface area (Å²) in [5.74, 6) is -1.88. The number of Topliss-reactive ketones (excluding diaryl/α,β-unsaturated/α-hetero) is 1. The second kappa shape index (κ2) is 7.78. The first kappa shape index (κ1) is 16.3. The van der Waals surface area contributed by atoms with Crippen LogP contribution in [0.15, 0.2) is 18.2 Å². The molecule has 0 aromatic heterocycles. The maximum Gasteiger partial charge on any atom is 0.349 e. The third kappa shape index (κ3) is 3.65. The van der Waals surface area contributed by atoms with Crippen LogP contribution >= 0.6 is 0 Å². The van der Waals surface area contributed by atoms with Gasteiger partial charge >= 0.3 is 5.97 Å². The third-order valence-corrected chi connectivity index (χ3v) is 3.13. The van der Waals surface area contributed by atoms with Crippen molar-refractivity contribution in [1.82, 2.24) is 0 Å². The molecule has 0 fully saturated rings. The molecule has 1 unspecified atom stereocenters. The highest BCUT2D eigenvalue weighted by Crippen LogP contribution is 2.20. The minimum atomic E-state index is -2.24. The summed E-state index contributed by atoms with van der Waals surface area (Å²) in [7, 11) is 0. The Morgan fingerprint density at radius 3 is 2.15 bits per heavy atom. The average Bonchev–Trinajstić information content (AvgIpc) is 2.49. The summed E-state index contributed by atoms with van der Waals surface area (Å²) in [5.41, 5.74) is 1.86. The number of carbonyl (C=O) groups excluding carboxylic acids is 2. The van der Waals surface area contributed by atoms with Crippen molar-refractivity contribution in [3.63, 3.8) is 0 Å². The summed E-state index contributed by atoms with van der Waals surface area (Å²) in [6.45, 7) is 5.73. The van der Waals surface area contributed by atoms with Crippen molar-refractivity contribution >= 4 is 11.8 Å². The van der Waals surface area contributed by atoms with Gasteiger partial charge in [-0.1, -0.05) is 39.0 Å². The fourth-order valence-corrected chi connectivity index (χ4v) is 2.07. The molecule has 1 atom stereocenters. The zero-order valence-electron chi connectivity index (χ0n) is 12.2. The van der Waals surface area contributed by atoms with Gasteiger partial charge in [0.2, 0.25) is 5.78 Å². The molecule has 0 N–H and O–H groups in total. The molecule has 0 saturated heterocycles. The van der Waals surface area contributed by atoms with Crippen LogP contribution in [0.3, 0.4) is 0 Å². The molecule has 0 saturated carbocycles. The molecular weight excluding hydrogens is 259 g/mol. The lowest BCUT2D eigenvalue weighted by atomic mass is 9.92. The molecule has 0 aliphatic rings. The SMILES string of the molecule is CCCOC(=O)C(F)C(=O)c1c(CC)cccc1CC. The van der Waals surface area contributed by atoms with Crippen LogP contribution in [-0.2, 0) is 22.4 Å². The van der Waals surface area contributed by atoms with Gasteiger partial charge in [-0.3, -0.25) is 4.79 Å². The number of halogens is 1. The highest BCUT2D eigenvalue weighted by atomic mass is 19.1. The zero-order chi connectivity index (χ0) is 15.1. The van der Waals surface area contributed by atoms with Crippen molar-refractivity contribution in [2.45, 2.75) is 46.2 Å². The minimum absolute atomic E-state index is 0.128. The number of ketones is 1. The number of alkyl halides is 1. The quantitative estimate of drug-likeness (QED) is 0.437. The second-order valence-corrected chi connectivity index (χ2v) is 4.55. The van der Waals surface area contributed by atoms with Crippen molar-refractivity contribution in [2.75, 3.05) is 6.61 Å². The molecule has 1 aromatic carbocycles. The Morgan fingerprint density at radius 2 is 1.70 bits per heavy atom. The Bertz CT molecular complexity index is 460. The molecule has 0 radical (unpaired) electrons. The summed E-state index contributed by atoms with van der Waals surface area (Å²) in [6.07, 6.45) is -0.407. The average molecular weight is 280 g/mol. The number of esters is 1. The van der Waals surface area contributed by atoms with E-state index in [0.717, 1.165) is 11.1 Å². The second-order valence-electron chi connectivity index (χ2n) is 4.55. The molecule has 3 nitrogen and oxygen atoms in total. The highest BCUT2D eigenvalue weighted by molar-refractivity contribution is 6.12. The van der Waals surface area contributed by atoms with Crippen LogP contribution in [0.1, 0.15) is 48.7 Å². The fraction of sp³-hybridized carbons (Fsp3) is 0.500. The number of ether oxygens (including phenoxy) is 1. The van der Waals surface area contributed by atoms with Gasteiger partial charge in [0.05, 0.1) is 6.61 Å². The Labute approximate surface area is 119 Å². The van der Waals surface area contributed by atoms with Gasteiger partial charge < -0.3 is 4.74 Å². The van der Waals surface area contributed by atoms with Gasteiger partial charge in [0.15, 0.2) is 0 Å². The zero-order valence-corrected chi connectivity index (χ0v) is 12.2. The molecule has 4 heteroatoms. The number of aryl methyl sites for hydroxylation is 2. The molecule has 0 amide bonds. The number of rotatable bonds is 7. The number of carbonyl (C=O) groups is 2. The Hall–Kier alpha value is -1.71. The lowest BCUT2D eigenvalue weighted by molar-refractivity contribution is -0.147. The molecule has 0 aliphatic carbocycles. The van der Waals surface area contributed by atoms with Gasteiger partial charge in [-0.05, 0) is 30.4 Å². The molecule has 110 valence electrons. The smallest absolute Gasteiger partial charge is 0.349 e. The molecule has 0 spiro atoms. The number of hydrogen-bond acceptors (Lipinski definition) is 3. The predicted molar refractivity (Wildman–Crippen MR) is 75.7 cm³/mol. The number of benzene rings is 1. The van der Waals surface area contributed by atoms with E-state index in [9.17, 15) is 14.0 Å². The van der Waals surface area contributed by atoms with Crippen LogP contribution in [0.25, 0.3) is 0 Å². The fourth-order valence-electron chi connectivity index (χ4n) is 2.07. The van der Waals surface area contributed by atoms with E-state index in [1.165, 1.54) is 0 Å². The normalized spacial score (nSPS) is 12.0. The van der Waals surface area contributed by atoms with Gasteiger partial charge in [-0.15, -0.1) is 0 Å². The number of hydrogen-bond donors (Lipinski definition) is 0. The molecule has 20 heavy (non-hydrogen) atoms.